The quantitative estimate of drug-likeness (QED) is 0.634. The molecule has 0 spiro atoms. The van der Waals surface area contributed by atoms with E-state index in [1.54, 1.807) is 0 Å². The monoisotopic (exact) mass is 252 g/mol. The molecule has 2 rings (SSSR count). The molecule has 0 bridgehead atoms. The van der Waals surface area contributed by atoms with Gasteiger partial charge in [-0.25, -0.2) is 0 Å². The lowest BCUT2D eigenvalue weighted by atomic mass is 9.84. The minimum Gasteiger partial charge on any atom is -0.0807 e. The van der Waals surface area contributed by atoms with Crippen molar-refractivity contribution in [2.75, 3.05) is 0 Å². The molecular formula is C19H24. The fourth-order valence-corrected chi connectivity index (χ4v) is 2.65. The first kappa shape index (κ1) is 13.9. The van der Waals surface area contributed by atoms with Gasteiger partial charge in [0.1, 0.15) is 0 Å². The number of allylic oxidation sites excluding steroid dienone is 6. The van der Waals surface area contributed by atoms with Crippen molar-refractivity contribution in [3.63, 3.8) is 0 Å². The minimum absolute atomic E-state index is 0.555. The van der Waals surface area contributed by atoms with Gasteiger partial charge in [0, 0.05) is 0 Å². The van der Waals surface area contributed by atoms with E-state index in [9.17, 15) is 0 Å². The molecule has 0 heteroatoms. The maximum atomic E-state index is 2.34. The summed E-state index contributed by atoms with van der Waals surface area (Å²) in [4.78, 5) is 0. The van der Waals surface area contributed by atoms with Crippen LogP contribution in [0.15, 0.2) is 48.6 Å². The summed E-state index contributed by atoms with van der Waals surface area (Å²) >= 11 is 0. The topological polar surface area (TPSA) is 0 Å². The summed E-state index contributed by atoms with van der Waals surface area (Å²) in [5, 5.41) is 0. The van der Waals surface area contributed by atoms with Gasteiger partial charge in [-0.05, 0) is 40.5 Å². The van der Waals surface area contributed by atoms with E-state index >= 15 is 0 Å². The van der Waals surface area contributed by atoms with Gasteiger partial charge in [0.05, 0.1) is 0 Å². The molecule has 0 nitrogen and oxygen atoms in total. The summed E-state index contributed by atoms with van der Waals surface area (Å²) in [6.07, 6.45) is 12.1. The third kappa shape index (κ3) is 3.07. The van der Waals surface area contributed by atoms with Crippen molar-refractivity contribution >= 4 is 5.57 Å². The molecule has 0 heterocycles. The number of hydrogen-bond acceptors (Lipinski definition) is 0. The van der Waals surface area contributed by atoms with E-state index in [-0.39, 0.29) is 0 Å². The summed E-state index contributed by atoms with van der Waals surface area (Å²) in [5.74, 6) is 1.11. The molecule has 0 radical (unpaired) electrons. The Morgan fingerprint density at radius 2 is 1.53 bits per heavy atom. The molecule has 0 amide bonds. The summed E-state index contributed by atoms with van der Waals surface area (Å²) in [6.45, 7) is 9.12. The van der Waals surface area contributed by atoms with E-state index in [1.165, 1.54) is 22.3 Å². The molecule has 0 aliphatic heterocycles. The lowest BCUT2D eigenvalue weighted by molar-refractivity contribution is 0.827. The van der Waals surface area contributed by atoms with Crippen LogP contribution in [0.3, 0.4) is 0 Å². The highest BCUT2D eigenvalue weighted by Crippen LogP contribution is 2.34. The van der Waals surface area contributed by atoms with Gasteiger partial charge in [-0.2, -0.15) is 0 Å². The van der Waals surface area contributed by atoms with Crippen LogP contribution in [0.25, 0.3) is 5.57 Å². The molecule has 0 N–H and O–H groups in total. The first-order chi connectivity index (χ1) is 9.11. The van der Waals surface area contributed by atoms with E-state index in [0.717, 1.165) is 6.42 Å². The van der Waals surface area contributed by atoms with Crippen LogP contribution in [0.1, 0.15) is 62.6 Å². The van der Waals surface area contributed by atoms with E-state index < -0.39 is 0 Å². The van der Waals surface area contributed by atoms with E-state index in [4.69, 9.17) is 0 Å². The second-order valence-electron chi connectivity index (χ2n) is 5.80. The fraction of sp³-hybridized carbons (Fsp3) is 0.368. The Labute approximate surface area is 117 Å². The molecule has 1 aliphatic carbocycles. The highest BCUT2D eigenvalue weighted by Gasteiger charge is 2.15. The molecule has 1 aliphatic rings. The number of rotatable bonds is 3. The minimum atomic E-state index is 0.555. The molecule has 0 saturated heterocycles. The highest BCUT2D eigenvalue weighted by molar-refractivity contribution is 5.79. The average Bonchev–Trinajstić information content (AvgIpc) is 2.66. The smallest absolute Gasteiger partial charge is 0.0118 e. The molecule has 1 aromatic rings. The molecule has 0 saturated carbocycles. The van der Waals surface area contributed by atoms with Crippen molar-refractivity contribution < 1.29 is 0 Å². The first-order valence-electron chi connectivity index (χ1n) is 7.27. The van der Waals surface area contributed by atoms with Crippen LogP contribution in [0, 0.1) is 0 Å². The maximum Gasteiger partial charge on any atom is -0.0118 e. The SMILES string of the molecule is CC(C)c1cccc(C(C)C)c1C1=CCC=CC=C1. The third-order valence-electron chi connectivity index (χ3n) is 3.66. The fourth-order valence-electron chi connectivity index (χ4n) is 2.65. The summed E-state index contributed by atoms with van der Waals surface area (Å²) in [7, 11) is 0. The van der Waals surface area contributed by atoms with Crippen LogP contribution in [0.4, 0.5) is 0 Å². The number of hydrogen-bond donors (Lipinski definition) is 0. The van der Waals surface area contributed by atoms with Crippen molar-refractivity contribution in [2.24, 2.45) is 0 Å². The Hall–Kier alpha value is -1.56. The highest BCUT2D eigenvalue weighted by atomic mass is 14.2. The average molecular weight is 252 g/mol. The molecule has 0 aromatic heterocycles. The van der Waals surface area contributed by atoms with Crippen LogP contribution in [-0.2, 0) is 0 Å². The van der Waals surface area contributed by atoms with Crippen molar-refractivity contribution in [1.82, 2.24) is 0 Å². The summed E-state index contributed by atoms with van der Waals surface area (Å²) in [5.41, 5.74) is 5.75. The van der Waals surface area contributed by atoms with Gasteiger partial charge in [0.25, 0.3) is 0 Å². The molecule has 0 unspecified atom stereocenters. The Balaban J connectivity index is 2.61. The predicted molar refractivity (Wildman–Crippen MR) is 85.5 cm³/mol. The lowest BCUT2D eigenvalue weighted by Gasteiger charge is -2.20. The van der Waals surface area contributed by atoms with Gasteiger partial charge >= 0.3 is 0 Å². The second kappa shape index (κ2) is 6.06. The van der Waals surface area contributed by atoms with Gasteiger partial charge in [-0.3, -0.25) is 0 Å². The van der Waals surface area contributed by atoms with Crippen LogP contribution >= 0.6 is 0 Å². The van der Waals surface area contributed by atoms with Gasteiger partial charge in [0.2, 0.25) is 0 Å². The standard InChI is InChI=1S/C19H24/c1-14(2)17-12-9-13-18(15(3)4)19(17)16-10-7-5-6-8-11-16/h5-7,9-15H,8H2,1-4H3. The Bertz CT molecular complexity index is 499. The Morgan fingerprint density at radius 1 is 0.895 bits per heavy atom. The van der Waals surface area contributed by atoms with E-state index in [1.807, 2.05) is 0 Å². The molecular weight excluding hydrogens is 228 g/mol. The predicted octanol–water partition coefficient (Wildman–Crippen LogP) is 5.83. The first-order valence-corrected chi connectivity index (χ1v) is 7.27. The maximum absolute atomic E-state index is 2.34. The molecule has 0 atom stereocenters. The molecule has 1 aromatic carbocycles. The van der Waals surface area contributed by atoms with E-state index in [2.05, 4.69) is 76.3 Å². The Morgan fingerprint density at radius 3 is 2.11 bits per heavy atom. The molecule has 100 valence electrons. The van der Waals surface area contributed by atoms with Crippen LogP contribution < -0.4 is 0 Å². The zero-order chi connectivity index (χ0) is 13.8. The van der Waals surface area contributed by atoms with Gasteiger partial charge in [0.15, 0.2) is 0 Å². The lowest BCUT2D eigenvalue weighted by Crippen LogP contribution is -2.02. The van der Waals surface area contributed by atoms with Gasteiger partial charge in [-0.1, -0.05) is 76.3 Å². The largest absolute Gasteiger partial charge is 0.0807 e. The van der Waals surface area contributed by atoms with Crippen LogP contribution in [0.2, 0.25) is 0 Å². The van der Waals surface area contributed by atoms with Gasteiger partial charge < -0.3 is 0 Å². The third-order valence-corrected chi connectivity index (χ3v) is 3.66. The second-order valence-corrected chi connectivity index (χ2v) is 5.80. The number of benzene rings is 1. The van der Waals surface area contributed by atoms with Gasteiger partial charge in [-0.15, -0.1) is 0 Å². The zero-order valence-corrected chi connectivity index (χ0v) is 12.5. The Kier molecular flexibility index (Phi) is 4.42. The van der Waals surface area contributed by atoms with Crippen molar-refractivity contribution in [2.45, 2.75) is 46.0 Å². The molecule has 0 fully saturated rings. The summed E-state index contributed by atoms with van der Waals surface area (Å²) < 4.78 is 0. The van der Waals surface area contributed by atoms with Crippen LogP contribution in [0.5, 0.6) is 0 Å². The summed E-state index contributed by atoms with van der Waals surface area (Å²) in [6, 6.07) is 6.76. The van der Waals surface area contributed by atoms with Crippen LogP contribution in [-0.4, -0.2) is 0 Å². The molecule has 19 heavy (non-hydrogen) atoms. The van der Waals surface area contributed by atoms with E-state index in [0.29, 0.717) is 11.8 Å². The van der Waals surface area contributed by atoms with Crippen molar-refractivity contribution in [1.29, 1.82) is 0 Å². The zero-order valence-electron chi connectivity index (χ0n) is 12.5. The van der Waals surface area contributed by atoms with Crippen molar-refractivity contribution in [3.8, 4) is 0 Å². The van der Waals surface area contributed by atoms with Crippen molar-refractivity contribution in [3.05, 3.63) is 65.3 Å². The normalized spacial score (nSPS) is 14.9.